The Morgan fingerprint density at radius 3 is 2.58 bits per heavy atom. The fraction of sp³-hybridized carbons (Fsp3) is 1.00. The summed E-state index contributed by atoms with van der Waals surface area (Å²) in [6, 6.07) is 0. The molecule has 1 saturated carbocycles. The van der Waals surface area contributed by atoms with Crippen LogP contribution in [0, 0.1) is 11.8 Å². The standard InChI is InChI=1S/C10H17ClO/c11-7-9-5-6-12-10(9)8-3-1-2-4-8/h8-10H,1-7H2. The molecule has 2 fully saturated rings. The average Bonchev–Trinajstić information content (AvgIpc) is 2.74. The zero-order valence-corrected chi connectivity index (χ0v) is 8.22. The van der Waals surface area contributed by atoms with E-state index in [2.05, 4.69) is 0 Å². The van der Waals surface area contributed by atoms with Gasteiger partial charge < -0.3 is 4.74 Å². The lowest BCUT2D eigenvalue weighted by Gasteiger charge is -2.22. The van der Waals surface area contributed by atoms with Crippen molar-refractivity contribution >= 4 is 11.6 Å². The van der Waals surface area contributed by atoms with Crippen molar-refractivity contribution in [2.45, 2.75) is 38.2 Å². The molecule has 0 bridgehead atoms. The summed E-state index contributed by atoms with van der Waals surface area (Å²) in [6.45, 7) is 0.943. The molecule has 0 aromatic heterocycles. The van der Waals surface area contributed by atoms with E-state index in [4.69, 9.17) is 16.3 Å². The first kappa shape index (κ1) is 8.83. The van der Waals surface area contributed by atoms with Gasteiger partial charge in [-0.2, -0.15) is 0 Å². The van der Waals surface area contributed by atoms with Gasteiger partial charge in [0.15, 0.2) is 0 Å². The summed E-state index contributed by atoms with van der Waals surface area (Å²) in [4.78, 5) is 0. The molecule has 1 aliphatic carbocycles. The lowest BCUT2D eigenvalue weighted by atomic mass is 9.91. The molecule has 12 heavy (non-hydrogen) atoms. The number of hydrogen-bond donors (Lipinski definition) is 0. The highest BCUT2D eigenvalue weighted by atomic mass is 35.5. The maximum absolute atomic E-state index is 5.90. The zero-order chi connectivity index (χ0) is 8.39. The minimum atomic E-state index is 0.505. The second-order valence-corrected chi connectivity index (χ2v) is 4.39. The third-order valence-corrected chi connectivity index (χ3v) is 3.72. The van der Waals surface area contributed by atoms with Crippen LogP contribution in [0.1, 0.15) is 32.1 Å². The van der Waals surface area contributed by atoms with Crippen molar-refractivity contribution in [1.29, 1.82) is 0 Å². The van der Waals surface area contributed by atoms with Crippen LogP contribution in [0.3, 0.4) is 0 Å². The van der Waals surface area contributed by atoms with Crippen molar-refractivity contribution < 1.29 is 4.74 Å². The van der Waals surface area contributed by atoms with E-state index in [0.717, 1.165) is 18.4 Å². The quantitative estimate of drug-likeness (QED) is 0.606. The molecule has 1 aliphatic heterocycles. The van der Waals surface area contributed by atoms with E-state index < -0.39 is 0 Å². The van der Waals surface area contributed by atoms with Crippen LogP contribution in [0.5, 0.6) is 0 Å². The van der Waals surface area contributed by atoms with Crippen molar-refractivity contribution in [3.8, 4) is 0 Å². The highest BCUT2D eigenvalue weighted by molar-refractivity contribution is 6.18. The van der Waals surface area contributed by atoms with Crippen molar-refractivity contribution in [2.75, 3.05) is 12.5 Å². The summed E-state index contributed by atoms with van der Waals surface area (Å²) in [5.41, 5.74) is 0. The number of alkyl halides is 1. The topological polar surface area (TPSA) is 9.23 Å². The normalized spacial score (nSPS) is 37.8. The van der Waals surface area contributed by atoms with E-state index in [9.17, 15) is 0 Å². The summed E-state index contributed by atoms with van der Waals surface area (Å²) in [5, 5.41) is 0. The highest BCUT2D eigenvalue weighted by Crippen LogP contribution is 2.37. The van der Waals surface area contributed by atoms with Crippen molar-refractivity contribution in [3.05, 3.63) is 0 Å². The third-order valence-electron chi connectivity index (χ3n) is 3.33. The summed E-state index contributed by atoms with van der Waals surface area (Å²) < 4.78 is 5.76. The molecule has 0 aromatic carbocycles. The van der Waals surface area contributed by atoms with Crippen LogP contribution in [0.4, 0.5) is 0 Å². The molecule has 2 rings (SSSR count). The molecule has 2 aliphatic rings. The summed E-state index contributed by atoms with van der Waals surface area (Å²) >= 11 is 5.90. The molecule has 2 heteroatoms. The zero-order valence-electron chi connectivity index (χ0n) is 7.47. The molecule has 1 heterocycles. The number of hydrogen-bond acceptors (Lipinski definition) is 1. The summed E-state index contributed by atoms with van der Waals surface area (Å²) in [7, 11) is 0. The Labute approximate surface area is 79.4 Å². The van der Waals surface area contributed by atoms with Gasteiger partial charge >= 0.3 is 0 Å². The fourth-order valence-electron chi connectivity index (χ4n) is 2.63. The lowest BCUT2D eigenvalue weighted by molar-refractivity contribution is 0.0480. The molecule has 0 amide bonds. The van der Waals surface area contributed by atoms with E-state index in [1.54, 1.807) is 0 Å². The minimum absolute atomic E-state index is 0.505. The van der Waals surface area contributed by atoms with Gasteiger partial charge in [0, 0.05) is 18.4 Å². The molecule has 0 aromatic rings. The van der Waals surface area contributed by atoms with E-state index >= 15 is 0 Å². The van der Waals surface area contributed by atoms with Gasteiger partial charge in [-0.25, -0.2) is 0 Å². The van der Waals surface area contributed by atoms with Gasteiger partial charge in [0.2, 0.25) is 0 Å². The Bertz CT molecular complexity index is 143. The van der Waals surface area contributed by atoms with Crippen LogP contribution in [-0.2, 0) is 4.74 Å². The van der Waals surface area contributed by atoms with Gasteiger partial charge in [0.05, 0.1) is 6.10 Å². The minimum Gasteiger partial charge on any atom is -0.378 e. The maximum Gasteiger partial charge on any atom is 0.0643 e. The predicted octanol–water partition coefficient (Wildman–Crippen LogP) is 2.82. The first-order valence-corrected chi connectivity index (χ1v) is 5.63. The molecule has 0 radical (unpaired) electrons. The monoisotopic (exact) mass is 188 g/mol. The van der Waals surface area contributed by atoms with Gasteiger partial charge in [-0.1, -0.05) is 12.8 Å². The van der Waals surface area contributed by atoms with E-state index in [0.29, 0.717) is 12.0 Å². The van der Waals surface area contributed by atoms with Crippen LogP contribution in [0.25, 0.3) is 0 Å². The molecule has 1 saturated heterocycles. The average molecular weight is 189 g/mol. The molecular formula is C10H17ClO. The second-order valence-electron chi connectivity index (χ2n) is 4.08. The van der Waals surface area contributed by atoms with Crippen molar-refractivity contribution in [2.24, 2.45) is 11.8 Å². The Kier molecular flexibility index (Phi) is 2.92. The second kappa shape index (κ2) is 3.97. The fourth-order valence-corrected chi connectivity index (χ4v) is 2.96. The van der Waals surface area contributed by atoms with Gasteiger partial charge in [-0.3, -0.25) is 0 Å². The van der Waals surface area contributed by atoms with Gasteiger partial charge in [-0.05, 0) is 25.2 Å². The van der Waals surface area contributed by atoms with Crippen molar-refractivity contribution in [1.82, 2.24) is 0 Å². The molecule has 1 nitrogen and oxygen atoms in total. The highest BCUT2D eigenvalue weighted by Gasteiger charge is 2.35. The van der Waals surface area contributed by atoms with E-state index in [1.807, 2.05) is 0 Å². The van der Waals surface area contributed by atoms with Crippen molar-refractivity contribution in [3.63, 3.8) is 0 Å². The first-order chi connectivity index (χ1) is 5.92. The predicted molar refractivity (Wildman–Crippen MR) is 50.5 cm³/mol. The van der Waals surface area contributed by atoms with E-state index in [-0.39, 0.29) is 0 Å². The Morgan fingerprint density at radius 2 is 1.92 bits per heavy atom. The maximum atomic E-state index is 5.90. The molecule has 2 atom stereocenters. The molecule has 2 unspecified atom stereocenters. The summed E-state index contributed by atoms with van der Waals surface area (Å²) in [5.74, 6) is 2.27. The van der Waals surface area contributed by atoms with Crippen LogP contribution >= 0.6 is 11.6 Å². The van der Waals surface area contributed by atoms with E-state index in [1.165, 1.54) is 32.1 Å². The SMILES string of the molecule is ClCC1CCOC1C1CCCC1. The van der Waals surface area contributed by atoms with Crippen LogP contribution < -0.4 is 0 Å². The number of ether oxygens (including phenoxy) is 1. The first-order valence-electron chi connectivity index (χ1n) is 5.09. The number of rotatable bonds is 2. The Balaban J connectivity index is 1.92. The Morgan fingerprint density at radius 1 is 1.17 bits per heavy atom. The third kappa shape index (κ3) is 1.62. The molecule has 0 spiro atoms. The van der Waals surface area contributed by atoms with Gasteiger partial charge in [-0.15, -0.1) is 11.6 Å². The van der Waals surface area contributed by atoms with Crippen LogP contribution in [0.2, 0.25) is 0 Å². The largest absolute Gasteiger partial charge is 0.378 e. The smallest absolute Gasteiger partial charge is 0.0643 e. The molecular weight excluding hydrogens is 172 g/mol. The molecule has 0 N–H and O–H groups in total. The lowest BCUT2D eigenvalue weighted by Crippen LogP contribution is -2.25. The Hall–Kier alpha value is 0.250. The number of halogens is 1. The van der Waals surface area contributed by atoms with Crippen LogP contribution in [0.15, 0.2) is 0 Å². The molecule has 70 valence electrons. The van der Waals surface area contributed by atoms with Gasteiger partial charge in [0.25, 0.3) is 0 Å². The summed E-state index contributed by atoms with van der Waals surface area (Å²) in [6.07, 6.45) is 7.24. The van der Waals surface area contributed by atoms with Gasteiger partial charge in [0.1, 0.15) is 0 Å². The van der Waals surface area contributed by atoms with Crippen LogP contribution in [-0.4, -0.2) is 18.6 Å².